The molecule has 0 spiro atoms. The van der Waals surface area contributed by atoms with Gasteiger partial charge in [-0.2, -0.15) is 0 Å². The quantitative estimate of drug-likeness (QED) is 0.875. The first-order valence-corrected chi connectivity index (χ1v) is 8.23. The first-order chi connectivity index (χ1) is 10.9. The summed E-state index contributed by atoms with van der Waals surface area (Å²) < 4.78 is 5.73. The molecule has 0 heterocycles. The van der Waals surface area contributed by atoms with E-state index in [9.17, 15) is 9.59 Å². The summed E-state index contributed by atoms with van der Waals surface area (Å²) in [5.74, 6) is -0.980. The molecule has 122 valence electrons. The van der Waals surface area contributed by atoms with Crippen LogP contribution < -0.4 is 0 Å². The van der Waals surface area contributed by atoms with E-state index >= 15 is 0 Å². The van der Waals surface area contributed by atoms with Crippen LogP contribution >= 0.6 is 23.2 Å². The Labute approximate surface area is 144 Å². The minimum atomic E-state index is -1.03. The number of fused-ring (bicyclic) bond motifs is 3. The van der Waals surface area contributed by atoms with Gasteiger partial charge < -0.3 is 9.84 Å². The summed E-state index contributed by atoms with van der Waals surface area (Å²) in [6.07, 6.45) is 2.94. The number of halogens is 2. The van der Waals surface area contributed by atoms with Gasteiger partial charge in [0.2, 0.25) is 0 Å². The highest BCUT2D eigenvalue weighted by Crippen LogP contribution is 2.63. The molecule has 0 radical (unpaired) electrons. The summed E-state index contributed by atoms with van der Waals surface area (Å²) in [5, 5.41) is 9.78. The topological polar surface area (TPSA) is 63.6 Å². The fourth-order valence-electron chi connectivity index (χ4n) is 3.76. The zero-order valence-corrected chi connectivity index (χ0v) is 14.1. The first-order valence-electron chi connectivity index (χ1n) is 7.47. The maximum Gasteiger partial charge on any atom is 0.329 e. The smallest absolute Gasteiger partial charge is 0.329 e. The fraction of sp³-hybridized carbons (Fsp3) is 0.412. The summed E-state index contributed by atoms with van der Waals surface area (Å²) in [6, 6.07) is 3.50. The molecule has 2 unspecified atom stereocenters. The van der Waals surface area contributed by atoms with Crippen LogP contribution in [0.4, 0.5) is 0 Å². The number of allylic oxidation sites excluding steroid dienone is 1. The zero-order chi connectivity index (χ0) is 16.8. The largest absolute Gasteiger partial charge is 0.480 e. The van der Waals surface area contributed by atoms with E-state index in [1.807, 2.05) is 13.0 Å². The average Bonchev–Trinajstić information content (AvgIpc) is 2.79. The number of benzene rings is 1. The van der Waals surface area contributed by atoms with E-state index in [4.69, 9.17) is 33.0 Å². The Balaban J connectivity index is 2.21. The number of rotatable bonds is 4. The van der Waals surface area contributed by atoms with E-state index < -0.39 is 24.1 Å². The summed E-state index contributed by atoms with van der Waals surface area (Å²) in [7, 11) is 0. The monoisotopic (exact) mass is 354 g/mol. The van der Waals surface area contributed by atoms with Crippen molar-refractivity contribution >= 4 is 40.5 Å². The Kier molecular flexibility index (Phi) is 4.25. The molecule has 1 aromatic carbocycles. The molecular weight excluding hydrogens is 339 g/mol. The van der Waals surface area contributed by atoms with Gasteiger partial charge in [-0.3, -0.25) is 4.79 Å². The molecular formula is C17H16Cl2O4. The maximum atomic E-state index is 12.0. The van der Waals surface area contributed by atoms with Crippen LogP contribution in [0.5, 0.6) is 0 Å². The standard InChI is InChI=1S/C17H16Cl2O4/c1-2-17-6-5-9(20)7-11(17)14-10(3-4-12(18)15(14)19)16(17)23-8-13(21)22/h3-4,7,16H,2,5-6,8H2,1H3,(H,21,22). The van der Waals surface area contributed by atoms with Crippen LogP contribution in [0.25, 0.3) is 5.57 Å². The van der Waals surface area contributed by atoms with E-state index in [1.165, 1.54) is 0 Å². The minimum absolute atomic E-state index is 0.0463. The lowest BCUT2D eigenvalue weighted by Gasteiger charge is -2.38. The molecule has 0 bridgehead atoms. The van der Waals surface area contributed by atoms with Gasteiger partial charge >= 0.3 is 5.97 Å². The van der Waals surface area contributed by atoms with Crippen LogP contribution in [0.15, 0.2) is 18.2 Å². The molecule has 1 aromatic rings. The molecule has 0 saturated heterocycles. The van der Waals surface area contributed by atoms with Gasteiger partial charge in [-0.15, -0.1) is 0 Å². The minimum Gasteiger partial charge on any atom is -0.480 e. The Bertz CT molecular complexity index is 726. The molecule has 23 heavy (non-hydrogen) atoms. The van der Waals surface area contributed by atoms with E-state index in [2.05, 4.69) is 0 Å². The SMILES string of the molecule is CCC12CCC(=O)C=C1c1c(ccc(Cl)c1Cl)C2OCC(=O)O. The third-order valence-corrected chi connectivity index (χ3v) is 5.65. The lowest BCUT2D eigenvalue weighted by atomic mass is 9.69. The Morgan fingerprint density at radius 1 is 1.43 bits per heavy atom. The van der Waals surface area contributed by atoms with Crippen LogP contribution in [-0.4, -0.2) is 23.5 Å². The van der Waals surface area contributed by atoms with Crippen molar-refractivity contribution in [2.24, 2.45) is 5.41 Å². The number of carboxylic acid groups (broad SMARTS) is 1. The number of hydrogen-bond acceptors (Lipinski definition) is 3. The van der Waals surface area contributed by atoms with Crippen LogP contribution in [0, 0.1) is 5.41 Å². The number of hydrogen-bond donors (Lipinski definition) is 1. The van der Waals surface area contributed by atoms with Gasteiger partial charge in [0.15, 0.2) is 5.78 Å². The molecule has 2 aliphatic rings. The van der Waals surface area contributed by atoms with Crippen LogP contribution in [0.1, 0.15) is 43.4 Å². The lowest BCUT2D eigenvalue weighted by Crippen LogP contribution is -2.31. The van der Waals surface area contributed by atoms with Gasteiger partial charge in [0.25, 0.3) is 0 Å². The van der Waals surface area contributed by atoms with E-state index in [0.29, 0.717) is 22.9 Å². The average molecular weight is 355 g/mol. The molecule has 4 nitrogen and oxygen atoms in total. The molecule has 1 N–H and O–H groups in total. The van der Waals surface area contributed by atoms with Gasteiger partial charge in [0.1, 0.15) is 6.61 Å². The van der Waals surface area contributed by atoms with Crippen LogP contribution in [0.2, 0.25) is 10.0 Å². The van der Waals surface area contributed by atoms with Crippen molar-refractivity contribution < 1.29 is 19.4 Å². The highest BCUT2D eigenvalue weighted by Gasteiger charge is 2.52. The third kappa shape index (κ3) is 2.49. The predicted molar refractivity (Wildman–Crippen MR) is 87.7 cm³/mol. The van der Waals surface area contributed by atoms with Gasteiger partial charge in [-0.05, 0) is 36.1 Å². The number of carbonyl (C=O) groups excluding carboxylic acids is 1. The highest BCUT2D eigenvalue weighted by atomic mass is 35.5. The predicted octanol–water partition coefficient (Wildman–Crippen LogP) is 4.29. The van der Waals surface area contributed by atoms with Gasteiger partial charge in [-0.1, -0.05) is 36.2 Å². The second-order valence-corrected chi connectivity index (χ2v) is 6.73. The van der Waals surface area contributed by atoms with Crippen molar-refractivity contribution in [3.63, 3.8) is 0 Å². The highest BCUT2D eigenvalue weighted by molar-refractivity contribution is 6.43. The van der Waals surface area contributed by atoms with Crippen molar-refractivity contribution in [2.45, 2.75) is 32.3 Å². The second kappa shape index (κ2) is 5.93. The molecule has 6 heteroatoms. The van der Waals surface area contributed by atoms with Crippen molar-refractivity contribution in [1.82, 2.24) is 0 Å². The second-order valence-electron chi connectivity index (χ2n) is 5.94. The third-order valence-electron chi connectivity index (χ3n) is 4.84. The maximum absolute atomic E-state index is 12.0. The van der Waals surface area contributed by atoms with E-state index in [1.54, 1.807) is 12.1 Å². The Hall–Kier alpha value is -1.36. The van der Waals surface area contributed by atoms with Crippen LogP contribution in [-0.2, 0) is 14.3 Å². The van der Waals surface area contributed by atoms with E-state index in [-0.39, 0.29) is 5.78 Å². The van der Waals surface area contributed by atoms with Crippen molar-refractivity contribution in [3.05, 3.63) is 39.4 Å². The number of carboxylic acids is 1. The fourth-order valence-corrected chi connectivity index (χ4v) is 4.19. The zero-order valence-electron chi connectivity index (χ0n) is 12.6. The van der Waals surface area contributed by atoms with Crippen molar-refractivity contribution in [1.29, 1.82) is 0 Å². The van der Waals surface area contributed by atoms with Gasteiger partial charge in [0.05, 0.1) is 16.1 Å². The molecule has 0 aromatic heterocycles. The molecule has 0 fully saturated rings. The number of carbonyl (C=O) groups is 2. The normalized spacial score (nSPS) is 25.8. The van der Waals surface area contributed by atoms with Crippen molar-refractivity contribution in [3.8, 4) is 0 Å². The summed E-state index contributed by atoms with van der Waals surface area (Å²) in [4.78, 5) is 22.9. The molecule has 3 rings (SSSR count). The molecule has 2 aliphatic carbocycles. The first kappa shape index (κ1) is 16.5. The molecule has 2 atom stereocenters. The lowest BCUT2D eigenvalue weighted by molar-refractivity contribution is -0.147. The Morgan fingerprint density at radius 2 is 2.17 bits per heavy atom. The number of ketones is 1. The van der Waals surface area contributed by atoms with Gasteiger partial charge in [-0.25, -0.2) is 4.79 Å². The molecule has 0 aliphatic heterocycles. The summed E-state index contributed by atoms with van der Waals surface area (Å²) >= 11 is 12.5. The molecule has 0 amide bonds. The van der Waals surface area contributed by atoms with E-state index in [0.717, 1.165) is 23.1 Å². The number of aliphatic carboxylic acids is 1. The van der Waals surface area contributed by atoms with Gasteiger partial charge in [0, 0.05) is 17.4 Å². The van der Waals surface area contributed by atoms with Crippen molar-refractivity contribution in [2.75, 3.05) is 6.61 Å². The molecule has 0 saturated carbocycles. The number of ether oxygens (including phenoxy) is 1. The summed E-state index contributed by atoms with van der Waals surface area (Å²) in [5.41, 5.74) is 1.93. The Morgan fingerprint density at radius 3 is 2.83 bits per heavy atom. The summed E-state index contributed by atoms with van der Waals surface area (Å²) in [6.45, 7) is 1.62. The van der Waals surface area contributed by atoms with Crippen LogP contribution in [0.3, 0.4) is 0 Å².